The van der Waals surface area contributed by atoms with Gasteiger partial charge in [0, 0.05) is 13.2 Å². The van der Waals surface area contributed by atoms with Gasteiger partial charge in [-0.3, -0.25) is 4.68 Å². The molecule has 1 saturated carbocycles. The molecule has 1 aromatic rings. The van der Waals surface area contributed by atoms with E-state index >= 15 is 0 Å². The summed E-state index contributed by atoms with van der Waals surface area (Å²) >= 11 is 0. The molecule has 1 aliphatic carbocycles. The summed E-state index contributed by atoms with van der Waals surface area (Å²) in [5.74, 6) is 1.62. The SMILES string of the molecule is CNC[C@H]1C[C@H]1c1cnn(C)c1. The van der Waals surface area contributed by atoms with Crippen LogP contribution in [0.1, 0.15) is 17.9 Å². The van der Waals surface area contributed by atoms with Gasteiger partial charge in [0.15, 0.2) is 0 Å². The minimum Gasteiger partial charge on any atom is -0.319 e. The lowest BCUT2D eigenvalue weighted by Crippen LogP contribution is -2.10. The Hall–Kier alpha value is -0.830. The number of hydrogen-bond acceptors (Lipinski definition) is 2. The molecule has 1 N–H and O–H groups in total. The molecule has 0 aromatic carbocycles. The van der Waals surface area contributed by atoms with Crippen molar-refractivity contribution in [1.82, 2.24) is 15.1 Å². The smallest absolute Gasteiger partial charge is 0.0524 e. The maximum atomic E-state index is 4.17. The predicted octanol–water partition coefficient (Wildman–Crippen LogP) is 0.743. The molecule has 1 aliphatic rings. The Morgan fingerprint density at radius 1 is 1.75 bits per heavy atom. The zero-order valence-corrected chi connectivity index (χ0v) is 7.62. The summed E-state index contributed by atoms with van der Waals surface area (Å²) < 4.78 is 1.88. The second-order valence-electron chi connectivity index (χ2n) is 3.61. The number of hydrogen-bond donors (Lipinski definition) is 1. The third-order valence-electron chi connectivity index (χ3n) is 2.54. The highest BCUT2D eigenvalue weighted by Gasteiger charge is 2.38. The first-order chi connectivity index (χ1) is 5.81. The van der Waals surface area contributed by atoms with Crippen LogP contribution in [-0.4, -0.2) is 23.4 Å². The molecular weight excluding hydrogens is 150 g/mol. The van der Waals surface area contributed by atoms with Gasteiger partial charge in [-0.15, -0.1) is 0 Å². The van der Waals surface area contributed by atoms with Crippen LogP contribution in [0.15, 0.2) is 12.4 Å². The van der Waals surface area contributed by atoms with Crippen molar-refractivity contribution >= 4 is 0 Å². The summed E-state index contributed by atoms with van der Waals surface area (Å²) in [6, 6.07) is 0. The standard InChI is InChI=1S/C9H15N3/c1-10-4-7-3-9(7)8-5-11-12(2)6-8/h5-7,9-10H,3-4H2,1-2H3/t7-,9-/m1/s1. The average molecular weight is 165 g/mol. The van der Waals surface area contributed by atoms with Gasteiger partial charge in [0.2, 0.25) is 0 Å². The lowest BCUT2D eigenvalue weighted by Gasteiger charge is -1.94. The number of nitrogens with one attached hydrogen (secondary N) is 1. The zero-order chi connectivity index (χ0) is 8.55. The van der Waals surface area contributed by atoms with Crippen LogP contribution in [0.4, 0.5) is 0 Å². The predicted molar refractivity (Wildman–Crippen MR) is 48.0 cm³/mol. The van der Waals surface area contributed by atoms with Gasteiger partial charge >= 0.3 is 0 Å². The number of aromatic nitrogens is 2. The Bertz CT molecular complexity index is 266. The van der Waals surface area contributed by atoms with E-state index in [1.807, 2.05) is 25.0 Å². The summed E-state index contributed by atoms with van der Waals surface area (Å²) in [5.41, 5.74) is 1.40. The van der Waals surface area contributed by atoms with Crippen LogP contribution in [0.2, 0.25) is 0 Å². The van der Waals surface area contributed by atoms with Crippen LogP contribution in [0.3, 0.4) is 0 Å². The Morgan fingerprint density at radius 3 is 3.17 bits per heavy atom. The first kappa shape index (κ1) is 7.80. The third kappa shape index (κ3) is 1.37. The topological polar surface area (TPSA) is 29.9 Å². The Morgan fingerprint density at radius 2 is 2.58 bits per heavy atom. The fraction of sp³-hybridized carbons (Fsp3) is 0.667. The van der Waals surface area contributed by atoms with Gasteiger partial charge in [0.1, 0.15) is 0 Å². The van der Waals surface area contributed by atoms with Crippen molar-refractivity contribution in [2.24, 2.45) is 13.0 Å². The lowest BCUT2D eigenvalue weighted by atomic mass is 10.2. The molecule has 0 spiro atoms. The highest BCUT2D eigenvalue weighted by molar-refractivity contribution is 5.20. The molecule has 0 aliphatic heterocycles. The molecule has 0 saturated heterocycles. The van der Waals surface area contributed by atoms with Gasteiger partial charge in [-0.05, 0) is 37.4 Å². The Kier molecular flexibility index (Phi) is 1.89. The zero-order valence-electron chi connectivity index (χ0n) is 7.62. The van der Waals surface area contributed by atoms with Crippen molar-refractivity contribution in [3.8, 4) is 0 Å². The van der Waals surface area contributed by atoms with E-state index in [2.05, 4.69) is 16.6 Å². The first-order valence-electron chi connectivity index (χ1n) is 4.44. The molecule has 0 amide bonds. The molecule has 12 heavy (non-hydrogen) atoms. The van der Waals surface area contributed by atoms with Gasteiger partial charge in [0.25, 0.3) is 0 Å². The van der Waals surface area contributed by atoms with E-state index in [1.54, 1.807) is 0 Å². The maximum Gasteiger partial charge on any atom is 0.0524 e. The van der Waals surface area contributed by atoms with E-state index in [-0.39, 0.29) is 0 Å². The molecular formula is C9H15N3. The summed E-state index contributed by atoms with van der Waals surface area (Å²) in [7, 11) is 3.98. The molecule has 3 heteroatoms. The minimum atomic E-state index is 0.770. The fourth-order valence-electron chi connectivity index (χ4n) is 1.78. The van der Waals surface area contributed by atoms with Crippen molar-refractivity contribution in [3.63, 3.8) is 0 Å². The number of rotatable bonds is 3. The van der Waals surface area contributed by atoms with Crippen LogP contribution < -0.4 is 5.32 Å². The molecule has 0 bridgehead atoms. The summed E-state index contributed by atoms with van der Waals surface area (Å²) in [5, 5.41) is 7.38. The summed E-state index contributed by atoms with van der Waals surface area (Å²) in [6.07, 6.45) is 5.44. The number of nitrogens with zero attached hydrogens (tertiary/aromatic N) is 2. The molecule has 2 rings (SSSR count). The van der Waals surface area contributed by atoms with E-state index < -0.39 is 0 Å². The molecule has 2 atom stereocenters. The lowest BCUT2D eigenvalue weighted by molar-refractivity contribution is 0.697. The van der Waals surface area contributed by atoms with E-state index in [0.29, 0.717) is 0 Å². The van der Waals surface area contributed by atoms with Crippen molar-refractivity contribution < 1.29 is 0 Å². The van der Waals surface area contributed by atoms with Crippen molar-refractivity contribution in [2.75, 3.05) is 13.6 Å². The van der Waals surface area contributed by atoms with Crippen molar-refractivity contribution in [2.45, 2.75) is 12.3 Å². The molecule has 1 aromatic heterocycles. The average Bonchev–Trinajstić information content (AvgIpc) is 2.67. The van der Waals surface area contributed by atoms with Crippen LogP contribution in [0.25, 0.3) is 0 Å². The quantitative estimate of drug-likeness (QED) is 0.716. The molecule has 1 fully saturated rings. The molecule has 66 valence electrons. The molecule has 0 unspecified atom stereocenters. The monoisotopic (exact) mass is 165 g/mol. The minimum absolute atomic E-state index is 0.770. The Labute approximate surface area is 72.8 Å². The van der Waals surface area contributed by atoms with E-state index in [1.165, 1.54) is 12.0 Å². The van der Waals surface area contributed by atoms with Crippen molar-refractivity contribution in [3.05, 3.63) is 18.0 Å². The molecule has 3 nitrogen and oxygen atoms in total. The van der Waals surface area contributed by atoms with Crippen LogP contribution >= 0.6 is 0 Å². The van der Waals surface area contributed by atoms with Crippen molar-refractivity contribution in [1.29, 1.82) is 0 Å². The van der Waals surface area contributed by atoms with Crippen LogP contribution in [0, 0.1) is 5.92 Å². The van der Waals surface area contributed by atoms with E-state index in [0.717, 1.165) is 18.4 Å². The normalized spacial score (nSPS) is 27.5. The van der Waals surface area contributed by atoms with Gasteiger partial charge in [-0.25, -0.2) is 0 Å². The number of aryl methyl sites for hydroxylation is 1. The van der Waals surface area contributed by atoms with Crippen LogP contribution in [0.5, 0.6) is 0 Å². The van der Waals surface area contributed by atoms with Crippen LogP contribution in [-0.2, 0) is 7.05 Å². The second kappa shape index (κ2) is 2.90. The molecule has 0 radical (unpaired) electrons. The first-order valence-corrected chi connectivity index (χ1v) is 4.44. The van der Waals surface area contributed by atoms with Gasteiger partial charge in [0.05, 0.1) is 6.20 Å². The summed E-state index contributed by atoms with van der Waals surface area (Å²) in [6.45, 7) is 1.14. The Balaban J connectivity index is 1.96. The highest BCUT2D eigenvalue weighted by atomic mass is 15.2. The van der Waals surface area contributed by atoms with Gasteiger partial charge in [-0.1, -0.05) is 0 Å². The second-order valence-corrected chi connectivity index (χ2v) is 3.61. The maximum absolute atomic E-state index is 4.17. The summed E-state index contributed by atoms with van der Waals surface area (Å²) in [4.78, 5) is 0. The van der Waals surface area contributed by atoms with Gasteiger partial charge in [-0.2, -0.15) is 5.10 Å². The van der Waals surface area contributed by atoms with E-state index in [9.17, 15) is 0 Å². The largest absolute Gasteiger partial charge is 0.319 e. The highest BCUT2D eigenvalue weighted by Crippen LogP contribution is 2.46. The third-order valence-corrected chi connectivity index (χ3v) is 2.54. The fourth-order valence-corrected chi connectivity index (χ4v) is 1.78. The van der Waals surface area contributed by atoms with Gasteiger partial charge < -0.3 is 5.32 Å². The van der Waals surface area contributed by atoms with E-state index in [4.69, 9.17) is 0 Å². The molecule has 1 heterocycles.